The standard InChI is InChI=1S/C31H44Br4N4O4/c1-31(2,21-13-25(32)29(26(33)14-21)42-19-23(40)17-38-9-5-36(3)6-10-38)22-15-27(34)30(28(35)16-22)43-20-24(41)18-39-11-7-37(4)8-12-39/h13-16,23-24,40-41H,5-12,17-20H2,1-4H3/t23-,24+. The summed E-state index contributed by atoms with van der Waals surface area (Å²) in [7, 11) is 4.25. The Morgan fingerprint density at radius 3 is 1.23 bits per heavy atom. The molecule has 2 aromatic carbocycles. The second-order valence-electron chi connectivity index (χ2n) is 12.3. The molecule has 0 aromatic heterocycles. The van der Waals surface area contributed by atoms with Crippen molar-refractivity contribution in [2.45, 2.75) is 31.5 Å². The van der Waals surface area contributed by atoms with E-state index in [1.54, 1.807) is 0 Å². The summed E-state index contributed by atoms with van der Waals surface area (Å²) in [6.45, 7) is 13.9. The molecule has 8 nitrogen and oxygen atoms in total. The van der Waals surface area contributed by atoms with Gasteiger partial charge in [0.25, 0.3) is 0 Å². The average molecular weight is 856 g/mol. The minimum absolute atomic E-state index is 0.220. The summed E-state index contributed by atoms with van der Waals surface area (Å²) in [4.78, 5) is 9.18. The number of halogens is 4. The summed E-state index contributed by atoms with van der Waals surface area (Å²) in [5, 5.41) is 21.2. The van der Waals surface area contributed by atoms with E-state index < -0.39 is 12.2 Å². The minimum atomic E-state index is -0.568. The van der Waals surface area contributed by atoms with Crippen LogP contribution in [0.3, 0.4) is 0 Å². The van der Waals surface area contributed by atoms with Crippen molar-refractivity contribution in [2.75, 3.05) is 92.8 Å². The highest BCUT2D eigenvalue weighted by Crippen LogP contribution is 2.44. The first-order valence-electron chi connectivity index (χ1n) is 14.8. The van der Waals surface area contributed by atoms with Gasteiger partial charge in [-0.05, 0) is 113 Å². The second kappa shape index (κ2) is 16.0. The Bertz CT molecular complexity index is 1080. The summed E-state index contributed by atoms with van der Waals surface area (Å²) in [5.41, 5.74) is 1.83. The van der Waals surface area contributed by atoms with Crippen molar-refractivity contribution in [2.24, 2.45) is 0 Å². The Hall–Kier alpha value is -0.280. The van der Waals surface area contributed by atoms with Crippen LogP contribution >= 0.6 is 63.7 Å². The second-order valence-corrected chi connectivity index (χ2v) is 15.7. The van der Waals surface area contributed by atoms with Gasteiger partial charge in [0.15, 0.2) is 0 Å². The van der Waals surface area contributed by atoms with Crippen LogP contribution in [0.4, 0.5) is 0 Å². The lowest BCUT2D eigenvalue weighted by molar-refractivity contribution is 0.0500. The largest absolute Gasteiger partial charge is 0.488 e. The van der Waals surface area contributed by atoms with Gasteiger partial charge in [-0.2, -0.15) is 0 Å². The quantitative estimate of drug-likeness (QED) is 0.309. The third-order valence-electron chi connectivity index (χ3n) is 8.41. The van der Waals surface area contributed by atoms with Crippen molar-refractivity contribution in [3.63, 3.8) is 0 Å². The molecule has 2 saturated heterocycles. The van der Waals surface area contributed by atoms with E-state index in [4.69, 9.17) is 9.47 Å². The van der Waals surface area contributed by atoms with Crippen molar-refractivity contribution >= 4 is 63.7 Å². The summed E-state index contributed by atoms with van der Waals surface area (Å²) >= 11 is 14.8. The highest BCUT2D eigenvalue weighted by atomic mass is 79.9. The number of benzene rings is 2. The van der Waals surface area contributed by atoms with Gasteiger partial charge in [-0.3, -0.25) is 9.80 Å². The summed E-state index contributed by atoms with van der Waals surface area (Å²) in [5.74, 6) is 1.36. The zero-order valence-electron chi connectivity index (χ0n) is 25.5. The predicted octanol–water partition coefficient (Wildman–Crippen LogP) is 5.04. The van der Waals surface area contributed by atoms with Crippen LogP contribution in [0.25, 0.3) is 0 Å². The summed E-state index contributed by atoms with van der Waals surface area (Å²) in [6, 6.07) is 8.31. The zero-order chi connectivity index (χ0) is 31.3. The smallest absolute Gasteiger partial charge is 0.147 e. The number of hydrogen-bond acceptors (Lipinski definition) is 8. The fourth-order valence-electron chi connectivity index (χ4n) is 5.41. The SMILES string of the molecule is CN1CCN(C[C@H](O)COc2c(Br)cc(C(C)(C)c3cc(Br)c(OC[C@H](O)CN4CCN(C)CC4)c(Br)c3)cc2Br)CC1. The van der Waals surface area contributed by atoms with Gasteiger partial charge in [-0.15, -0.1) is 0 Å². The molecule has 12 heteroatoms. The first-order valence-corrected chi connectivity index (χ1v) is 17.9. The lowest BCUT2D eigenvalue weighted by Crippen LogP contribution is -2.47. The lowest BCUT2D eigenvalue weighted by atomic mass is 9.78. The molecule has 2 heterocycles. The molecule has 0 unspecified atom stereocenters. The highest BCUT2D eigenvalue weighted by molar-refractivity contribution is 9.11. The molecule has 0 amide bonds. The van der Waals surface area contributed by atoms with Crippen LogP contribution in [0.2, 0.25) is 0 Å². The monoisotopic (exact) mass is 852 g/mol. The molecule has 0 radical (unpaired) electrons. The summed E-state index contributed by atoms with van der Waals surface area (Å²) in [6.07, 6.45) is -1.14. The number of piperazine rings is 2. The van der Waals surface area contributed by atoms with Crippen LogP contribution in [-0.4, -0.2) is 135 Å². The highest BCUT2D eigenvalue weighted by Gasteiger charge is 2.28. The van der Waals surface area contributed by atoms with E-state index in [1.807, 2.05) is 0 Å². The molecule has 2 atom stereocenters. The van der Waals surface area contributed by atoms with E-state index in [1.165, 1.54) is 0 Å². The van der Waals surface area contributed by atoms with Crippen LogP contribution < -0.4 is 9.47 Å². The predicted molar refractivity (Wildman–Crippen MR) is 187 cm³/mol. The Labute approximate surface area is 290 Å². The van der Waals surface area contributed by atoms with Gasteiger partial charge in [0, 0.05) is 70.9 Å². The number of ether oxygens (including phenoxy) is 2. The number of nitrogens with zero attached hydrogens (tertiary/aromatic N) is 4. The molecular formula is C31H44Br4N4O4. The number of aliphatic hydroxyl groups excluding tert-OH is 2. The Morgan fingerprint density at radius 2 is 0.930 bits per heavy atom. The lowest BCUT2D eigenvalue weighted by Gasteiger charge is -2.33. The van der Waals surface area contributed by atoms with Crippen molar-refractivity contribution in [1.29, 1.82) is 0 Å². The molecule has 2 N–H and O–H groups in total. The van der Waals surface area contributed by atoms with Gasteiger partial charge in [-0.25, -0.2) is 0 Å². The third-order valence-corrected chi connectivity index (χ3v) is 10.8. The van der Waals surface area contributed by atoms with Crippen LogP contribution in [0.15, 0.2) is 42.2 Å². The first kappa shape index (κ1) is 35.6. The van der Waals surface area contributed by atoms with Crippen molar-refractivity contribution in [1.82, 2.24) is 19.6 Å². The number of β-amino-alcohol motifs (C(OH)–C–C–N with tert-alkyl or cyclic N) is 2. The maximum absolute atomic E-state index is 10.6. The molecular weight excluding hydrogens is 812 g/mol. The number of hydrogen-bond donors (Lipinski definition) is 2. The van der Waals surface area contributed by atoms with E-state index in [2.05, 4.69) is 136 Å². The Balaban J connectivity index is 1.38. The van der Waals surface area contributed by atoms with Crippen LogP contribution in [0.1, 0.15) is 25.0 Å². The third kappa shape index (κ3) is 9.86. The Kier molecular flexibility index (Phi) is 13.2. The first-order chi connectivity index (χ1) is 20.3. The molecule has 2 aliphatic rings. The van der Waals surface area contributed by atoms with E-state index in [-0.39, 0.29) is 18.6 Å². The number of likely N-dealkylation sites (N-methyl/N-ethyl adjacent to an activating group) is 2. The molecule has 2 aromatic rings. The van der Waals surface area contributed by atoms with Gasteiger partial charge in [0.2, 0.25) is 0 Å². The molecule has 0 spiro atoms. The molecule has 4 rings (SSSR count). The normalized spacial score (nSPS) is 19.4. The zero-order valence-corrected chi connectivity index (χ0v) is 31.8. The molecule has 2 fully saturated rings. The minimum Gasteiger partial charge on any atom is -0.488 e. The van der Waals surface area contributed by atoms with Gasteiger partial charge in [-0.1, -0.05) is 13.8 Å². The van der Waals surface area contributed by atoms with Crippen molar-refractivity contribution in [3.05, 3.63) is 53.3 Å². The van der Waals surface area contributed by atoms with E-state index in [0.717, 1.165) is 81.4 Å². The van der Waals surface area contributed by atoms with Gasteiger partial charge < -0.3 is 29.5 Å². The number of rotatable bonds is 12. The molecule has 0 saturated carbocycles. The van der Waals surface area contributed by atoms with Gasteiger partial charge in [0.1, 0.15) is 36.9 Å². The topological polar surface area (TPSA) is 71.9 Å². The fraction of sp³-hybridized carbons (Fsp3) is 0.613. The van der Waals surface area contributed by atoms with E-state index >= 15 is 0 Å². The molecule has 2 aliphatic heterocycles. The fourth-order valence-corrected chi connectivity index (χ4v) is 8.24. The van der Waals surface area contributed by atoms with E-state index in [9.17, 15) is 10.2 Å². The van der Waals surface area contributed by atoms with Crippen molar-refractivity contribution < 1.29 is 19.7 Å². The van der Waals surface area contributed by atoms with Crippen molar-refractivity contribution in [3.8, 4) is 11.5 Å². The molecule has 240 valence electrons. The molecule has 43 heavy (non-hydrogen) atoms. The van der Waals surface area contributed by atoms with E-state index in [0.29, 0.717) is 24.6 Å². The molecule has 0 bridgehead atoms. The van der Waals surface area contributed by atoms with Crippen LogP contribution in [0.5, 0.6) is 11.5 Å². The maximum atomic E-state index is 10.6. The number of aliphatic hydroxyl groups is 2. The van der Waals surface area contributed by atoms with Crippen LogP contribution in [-0.2, 0) is 5.41 Å². The average Bonchev–Trinajstić information content (AvgIpc) is 2.94. The van der Waals surface area contributed by atoms with Gasteiger partial charge >= 0.3 is 0 Å². The van der Waals surface area contributed by atoms with Gasteiger partial charge in [0.05, 0.1) is 17.9 Å². The van der Waals surface area contributed by atoms with Crippen LogP contribution in [0, 0.1) is 0 Å². The summed E-state index contributed by atoms with van der Waals surface area (Å²) < 4.78 is 15.5. The Morgan fingerprint density at radius 1 is 0.628 bits per heavy atom. The molecule has 0 aliphatic carbocycles. The maximum Gasteiger partial charge on any atom is 0.147 e.